The predicted octanol–water partition coefficient (Wildman–Crippen LogP) is 4.58. The molecule has 8 heteroatoms. The maximum atomic E-state index is 11.4. The number of halogens is 1. The first kappa shape index (κ1) is 22.0. The Morgan fingerprint density at radius 3 is 2.30 bits per heavy atom. The Bertz CT molecular complexity index is 1100. The number of primary sulfonamides is 1. The highest BCUT2D eigenvalue weighted by Gasteiger charge is 2.13. The number of sulfonamides is 1. The van der Waals surface area contributed by atoms with Crippen molar-refractivity contribution in [3.05, 3.63) is 82.9 Å². The number of rotatable bonds is 9. The molecule has 0 fully saturated rings. The van der Waals surface area contributed by atoms with Gasteiger partial charge in [0.25, 0.3) is 0 Å². The molecule has 0 aromatic heterocycles. The minimum atomic E-state index is -3.72. The standard InChI is InChI=1S/C22H23ClN2O4S/c1-2-28-21-9-5-7-16(22(21)29-15-17-6-3-4-8-20(17)23)14-25-18-10-12-19(13-11-18)30(24,26)27/h3-13,25H,2,14-15H2,1H3,(H2,24,26,27). The van der Waals surface area contributed by atoms with Crippen LogP contribution in [-0.2, 0) is 23.2 Å². The van der Waals surface area contributed by atoms with E-state index in [9.17, 15) is 8.42 Å². The Morgan fingerprint density at radius 2 is 1.63 bits per heavy atom. The molecule has 0 saturated heterocycles. The van der Waals surface area contributed by atoms with Crippen LogP contribution in [0.5, 0.6) is 11.5 Å². The molecule has 0 aliphatic rings. The number of ether oxygens (including phenoxy) is 2. The summed E-state index contributed by atoms with van der Waals surface area (Å²) in [6.45, 7) is 3.18. The van der Waals surface area contributed by atoms with Crippen molar-refractivity contribution < 1.29 is 17.9 Å². The van der Waals surface area contributed by atoms with E-state index in [2.05, 4.69) is 5.32 Å². The largest absolute Gasteiger partial charge is 0.490 e. The molecule has 0 spiro atoms. The third kappa shape index (κ3) is 5.66. The van der Waals surface area contributed by atoms with Crippen LogP contribution in [0.25, 0.3) is 0 Å². The van der Waals surface area contributed by atoms with Crippen LogP contribution in [-0.4, -0.2) is 15.0 Å². The first-order valence-electron chi connectivity index (χ1n) is 9.36. The lowest BCUT2D eigenvalue weighted by atomic mass is 10.1. The average molecular weight is 447 g/mol. The highest BCUT2D eigenvalue weighted by atomic mass is 35.5. The van der Waals surface area contributed by atoms with Crippen LogP contribution in [0.4, 0.5) is 5.69 Å². The lowest BCUT2D eigenvalue weighted by molar-refractivity contribution is 0.267. The highest BCUT2D eigenvalue weighted by Crippen LogP contribution is 2.33. The second kappa shape index (κ2) is 9.84. The van der Waals surface area contributed by atoms with Gasteiger partial charge in [-0.05, 0) is 43.3 Å². The number of para-hydroxylation sites is 1. The molecule has 0 radical (unpaired) electrons. The van der Waals surface area contributed by atoms with Gasteiger partial charge in [-0.25, -0.2) is 13.6 Å². The summed E-state index contributed by atoms with van der Waals surface area (Å²) in [6.07, 6.45) is 0. The van der Waals surface area contributed by atoms with Crippen molar-refractivity contribution in [2.45, 2.75) is 25.0 Å². The van der Waals surface area contributed by atoms with Crippen LogP contribution in [0.3, 0.4) is 0 Å². The molecule has 0 amide bonds. The van der Waals surface area contributed by atoms with Crippen molar-refractivity contribution in [3.8, 4) is 11.5 Å². The smallest absolute Gasteiger partial charge is 0.238 e. The average Bonchev–Trinajstić information content (AvgIpc) is 2.72. The van der Waals surface area contributed by atoms with E-state index in [1.807, 2.05) is 49.4 Å². The van der Waals surface area contributed by atoms with Crippen molar-refractivity contribution in [2.75, 3.05) is 11.9 Å². The molecule has 0 bridgehead atoms. The summed E-state index contributed by atoms with van der Waals surface area (Å²) in [4.78, 5) is 0.0650. The quantitative estimate of drug-likeness (QED) is 0.502. The summed E-state index contributed by atoms with van der Waals surface area (Å²) in [7, 11) is -3.72. The molecule has 0 heterocycles. The summed E-state index contributed by atoms with van der Waals surface area (Å²) in [5.41, 5.74) is 2.52. The number of nitrogens with one attached hydrogen (secondary N) is 1. The zero-order chi connectivity index (χ0) is 21.6. The first-order chi connectivity index (χ1) is 14.4. The fourth-order valence-corrected chi connectivity index (χ4v) is 3.56. The van der Waals surface area contributed by atoms with Crippen LogP contribution < -0.4 is 19.9 Å². The number of hydrogen-bond acceptors (Lipinski definition) is 5. The molecule has 30 heavy (non-hydrogen) atoms. The summed E-state index contributed by atoms with van der Waals surface area (Å²) >= 11 is 6.24. The monoisotopic (exact) mass is 446 g/mol. The van der Waals surface area contributed by atoms with Crippen molar-refractivity contribution >= 4 is 27.3 Å². The number of hydrogen-bond donors (Lipinski definition) is 2. The lowest BCUT2D eigenvalue weighted by Gasteiger charge is -2.17. The summed E-state index contributed by atoms with van der Waals surface area (Å²) in [6, 6.07) is 19.5. The zero-order valence-electron chi connectivity index (χ0n) is 16.5. The van der Waals surface area contributed by atoms with Gasteiger partial charge in [-0.3, -0.25) is 0 Å². The number of anilines is 1. The van der Waals surface area contributed by atoms with Crippen LogP contribution in [0, 0.1) is 0 Å². The minimum Gasteiger partial charge on any atom is -0.490 e. The van der Waals surface area contributed by atoms with E-state index in [4.69, 9.17) is 26.2 Å². The Kier molecular flexibility index (Phi) is 7.20. The SMILES string of the molecule is CCOc1cccc(CNc2ccc(S(N)(=O)=O)cc2)c1OCc1ccccc1Cl. The molecule has 6 nitrogen and oxygen atoms in total. The van der Waals surface area contributed by atoms with Gasteiger partial charge in [-0.15, -0.1) is 0 Å². The predicted molar refractivity (Wildman–Crippen MR) is 119 cm³/mol. The molecule has 0 atom stereocenters. The van der Waals surface area contributed by atoms with Crippen LogP contribution in [0.1, 0.15) is 18.1 Å². The van der Waals surface area contributed by atoms with Crippen LogP contribution in [0.2, 0.25) is 5.02 Å². The molecular weight excluding hydrogens is 424 g/mol. The Balaban J connectivity index is 1.78. The van der Waals surface area contributed by atoms with E-state index in [1.54, 1.807) is 12.1 Å². The van der Waals surface area contributed by atoms with Gasteiger partial charge in [-0.1, -0.05) is 41.9 Å². The number of benzene rings is 3. The molecule has 0 saturated carbocycles. The first-order valence-corrected chi connectivity index (χ1v) is 11.3. The zero-order valence-corrected chi connectivity index (χ0v) is 18.0. The van der Waals surface area contributed by atoms with E-state index >= 15 is 0 Å². The van der Waals surface area contributed by atoms with Gasteiger partial charge < -0.3 is 14.8 Å². The lowest BCUT2D eigenvalue weighted by Crippen LogP contribution is -2.12. The van der Waals surface area contributed by atoms with Gasteiger partial charge >= 0.3 is 0 Å². The van der Waals surface area contributed by atoms with Crippen molar-refractivity contribution in [3.63, 3.8) is 0 Å². The summed E-state index contributed by atoms with van der Waals surface area (Å²) < 4.78 is 34.6. The number of nitrogens with two attached hydrogens (primary N) is 1. The third-order valence-corrected chi connectivity index (χ3v) is 5.65. The van der Waals surface area contributed by atoms with Gasteiger partial charge in [0.15, 0.2) is 11.5 Å². The van der Waals surface area contributed by atoms with Gasteiger partial charge in [-0.2, -0.15) is 0 Å². The molecule has 3 rings (SSSR count). The van der Waals surface area contributed by atoms with Crippen molar-refractivity contribution in [1.29, 1.82) is 0 Å². The molecule has 3 aromatic carbocycles. The molecule has 158 valence electrons. The third-order valence-electron chi connectivity index (χ3n) is 4.36. The molecule has 0 unspecified atom stereocenters. The Labute approximate surface area is 181 Å². The van der Waals surface area contributed by atoms with Gasteiger partial charge in [0.05, 0.1) is 11.5 Å². The highest BCUT2D eigenvalue weighted by molar-refractivity contribution is 7.89. The fraction of sp³-hybridized carbons (Fsp3) is 0.182. The topological polar surface area (TPSA) is 90.6 Å². The van der Waals surface area contributed by atoms with Crippen LogP contribution >= 0.6 is 11.6 Å². The van der Waals surface area contributed by atoms with E-state index in [0.29, 0.717) is 36.3 Å². The molecular formula is C22H23ClN2O4S. The molecule has 3 aromatic rings. The molecule has 0 aliphatic carbocycles. The van der Waals surface area contributed by atoms with E-state index in [1.165, 1.54) is 12.1 Å². The Hall–Kier alpha value is -2.74. The second-order valence-electron chi connectivity index (χ2n) is 6.48. The molecule has 0 aliphatic heterocycles. The van der Waals surface area contributed by atoms with Gasteiger partial charge in [0.1, 0.15) is 6.61 Å². The summed E-state index contributed by atoms with van der Waals surface area (Å²) in [5.74, 6) is 1.28. The van der Waals surface area contributed by atoms with Crippen LogP contribution in [0.15, 0.2) is 71.6 Å². The second-order valence-corrected chi connectivity index (χ2v) is 8.45. The fourth-order valence-electron chi connectivity index (χ4n) is 2.86. The van der Waals surface area contributed by atoms with E-state index in [0.717, 1.165) is 16.8 Å². The van der Waals surface area contributed by atoms with Crippen molar-refractivity contribution in [1.82, 2.24) is 0 Å². The van der Waals surface area contributed by atoms with Gasteiger partial charge in [0, 0.05) is 28.4 Å². The van der Waals surface area contributed by atoms with E-state index in [-0.39, 0.29) is 4.90 Å². The summed E-state index contributed by atoms with van der Waals surface area (Å²) in [5, 5.41) is 9.04. The molecule has 3 N–H and O–H groups in total. The minimum absolute atomic E-state index is 0.0650. The normalized spacial score (nSPS) is 11.2. The van der Waals surface area contributed by atoms with E-state index < -0.39 is 10.0 Å². The van der Waals surface area contributed by atoms with Gasteiger partial charge in [0.2, 0.25) is 10.0 Å². The maximum Gasteiger partial charge on any atom is 0.238 e. The Morgan fingerprint density at radius 1 is 0.933 bits per heavy atom. The maximum absolute atomic E-state index is 11.4. The van der Waals surface area contributed by atoms with Crippen molar-refractivity contribution in [2.24, 2.45) is 5.14 Å².